The highest BCUT2D eigenvalue weighted by atomic mass is 16.1. The van der Waals surface area contributed by atoms with Crippen molar-refractivity contribution < 1.29 is 0 Å². The summed E-state index contributed by atoms with van der Waals surface area (Å²) < 4.78 is 1.67. The normalized spacial score (nSPS) is 18.0. The Balaban J connectivity index is 1.43. The van der Waals surface area contributed by atoms with Gasteiger partial charge >= 0.3 is 0 Å². The maximum Gasteiger partial charge on any atom is 0.252 e. The van der Waals surface area contributed by atoms with Crippen molar-refractivity contribution in [2.24, 2.45) is 5.92 Å². The summed E-state index contributed by atoms with van der Waals surface area (Å²) in [5.74, 6) is 1.14. The van der Waals surface area contributed by atoms with E-state index in [0.717, 1.165) is 31.6 Å². The summed E-state index contributed by atoms with van der Waals surface area (Å²) in [4.78, 5) is 26.3. The number of benzene rings is 1. The Kier molecular flexibility index (Phi) is 7.86. The minimum absolute atomic E-state index is 0.0415. The van der Waals surface area contributed by atoms with Crippen LogP contribution in [-0.2, 0) is 13.1 Å². The first-order valence-corrected chi connectivity index (χ1v) is 12.7. The molecule has 1 aliphatic heterocycles. The van der Waals surface area contributed by atoms with Crippen LogP contribution in [0.25, 0.3) is 11.0 Å². The fourth-order valence-corrected chi connectivity index (χ4v) is 4.91. The molecule has 0 saturated carbocycles. The van der Waals surface area contributed by atoms with E-state index in [1.807, 2.05) is 6.92 Å². The number of nitrogens with one attached hydrogen (secondary N) is 1. The second kappa shape index (κ2) is 11.0. The molecule has 0 unspecified atom stereocenters. The van der Waals surface area contributed by atoms with Gasteiger partial charge in [-0.05, 0) is 50.1 Å². The van der Waals surface area contributed by atoms with Gasteiger partial charge in [-0.25, -0.2) is 4.98 Å². The molecule has 1 saturated heterocycles. The predicted molar refractivity (Wildman–Crippen MR) is 143 cm³/mol. The van der Waals surface area contributed by atoms with E-state index < -0.39 is 0 Å². The summed E-state index contributed by atoms with van der Waals surface area (Å²) in [6.45, 7) is 15.6. The Morgan fingerprint density at radius 3 is 2.57 bits per heavy atom. The number of hydrogen-bond donors (Lipinski definition) is 1. The number of pyridine rings is 1. The lowest BCUT2D eigenvalue weighted by Gasteiger charge is -2.43. The topological polar surface area (TPSA) is 66.3 Å². The number of aryl methyl sites for hydroxylation is 1. The minimum Gasteiger partial charge on any atom is -0.375 e. The average Bonchev–Trinajstić information content (AvgIpc) is 2.85. The second-order valence-corrected chi connectivity index (χ2v) is 9.76. The van der Waals surface area contributed by atoms with Crippen molar-refractivity contribution in [1.29, 1.82) is 0 Å². The van der Waals surface area contributed by atoms with Crippen LogP contribution in [0.3, 0.4) is 0 Å². The molecule has 35 heavy (non-hydrogen) atoms. The van der Waals surface area contributed by atoms with E-state index >= 15 is 0 Å². The standard InChI is InChI=1S/C28H38N6O/c1-6-14-32-15-16-33(25(19-32)20(3)4)18-22-8-10-23(11-9-22)21(5)30-28-29-17-24-12-13-26(35)34(7-2)27(24)31-28/h6,8-14,17,20-21,25H,7,15-16,18-19H2,1-5H3,(H,29,30,31)/t21-,25+/m0/s1. The lowest BCUT2D eigenvalue weighted by molar-refractivity contribution is 0.0664. The lowest BCUT2D eigenvalue weighted by atomic mass is 9.98. The molecule has 0 amide bonds. The minimum atomic E-state index is -0.0452. The third-order valence-corrected chi connectivity index (χ3v) is 6.94. The summed E-state index contributed by atoms with van der Waals surface area (Å²) in [5.41, 5.74) is 3.13. The maximum absolute atomic E-state index is 12.2. The Hall–Kier alpha value is -3.19. The Morgan fingerprint density at radius 1 is 1.11 bits per heavy atom. The number of nitrogens with zero attached hydrogens (tertiary/aromatic N) is 5. The SMILES string of the molecule is CC=CN1CCN(Cc2ccc([C@H](C)Nc3ncc4ccc(=O)n(CC)c4n3)cc2)[C@@H](C(C)C)C1. The molecule has 3 aromatic rings. The largest absolute Gasteiger partial charge is 0.375 e. The van der Waals surface area contributed by atoms with Gasteiger partial charge in [0.1, 0.15) is 5.65 Å². The zero-order valence-corrected chi connectivity index (χ0v) is 21.6. The number of hydrogen-bond acceptors (Lipinski definition) is 6. The number of allylic oxidation sites excluding steroid dienone is 1. The van der Waals surface area contributed by atoms with E-state index in [0.29, 0.717) is 30.1 Å². The van der Waals surface area contributed by atoms with Crippen LogP contribution in [0.1, 0.15) is 51.8 Å². The van der Waals surface area contributed by atoms with Crippen LogP contribution in [0.5, 0.6) is 0 Å². The monoisotopic (exact) mass is 474 g/mol. The first-order valence-electron chi connectivity index (χ1n) is 12.7. The summed E-state index contributed by atoms with van der Waals surface area (Å²) in [7, 11) is 0. The third-order valence-electron chi connectivity index (χ3n) is 6.94. The zero-order chi connectivity index (χ0) is 24.9. The van der Waals surface area contributed by atoms with E-state index in [9.17, 15) is 4.79 Å². The molecule has 7 nitrogen and oxygen atoms in total. The van der Waals surface area contributed by atoms with Gasteiger partial charge in [-0.3, -0.25) is 14.3 Å². The lowest BCUT2D eigenvalue weighted by Crippen LogP contribution is -2.53. The van der Waals surface area contributed by atoms with Crippen molar-refractivity contribution >= 4 is 17.0 Å². The van der Waals surface area contributed by atoms with E-state index in [-0.39, 0.29) is 11.6 Å². The Bertz CT molecular complexity index is 1220. The molecular weight excluding hydrogens is 436 g/mol. The zero-order valence-electron chi connectivity index (χ0n) is 21.6. The first kappa shape index (κ1) is 24.9. The predicted octanol–water partition coefficient (Wildman–Crippen LogP) is 4.66. The molecule has 2 aromatic heterocycles. The van der Waals surface area contributed by atoms with Crippen molar-refractivity contribution in [2.75, 3.05) is 25.0 Å². The van der Waals surface area contributed by atoms with Crippen LogP contribution >= 0.6 is 0 Å². The molecule has 4 rings (SSSR count). The molecule has 1 aromatic carbocycles. The molecule has 0 radical (unpaired) electrons. The maximum atomic E-state index is 12.2. The fourth-order valence-electron chi connectivity index (χ4n) is 4.91. The van der Waals surface area contributed by atoms with Gasteiger partial charge < -0.3 is 10.2 Å². The third kappa shape index (κ3) is 5.73. The number of anilines is 1. The molecule has 186 valence electrons. The van der Waals surface area contributed by atoms with Crippen LogP contribution in [0.2, 0.25) is 0 Å². The number of piperazine rings is 1. The average molecular weight is 475 g/mol. The molecular formula is C28H38N6O. The van der Waals surface area contributed by atoms with Gasteiger partial charge in [0.25, 0.3) is 5.56 Å². The molecule has 3 heterocycles. The first-order chi connectivity index (χ1) is 16.9. The van der Waals surface area contributed by atoms with Gasteiger partial charge in [-0.1, -0.05) is 44.2 Å². The smallest absolute Gasteiger partial charge is 0.252 e. The van der Waals surface area contributed by atoms with Gasteiger partial charge in [0.2, 0.25) is 5.95 Å². The van der Waals surface area contributed by atoms with Crippen LogP contribution in [0.4, 0.5) is 5.95 Å². The Morgan fingerprint density at radius 2 is 1.89 bits per heavy atom. The molecule has 0 aliphatic carbocycles. The molecule has 7 heteroatoms. The van der Waals surface area contributed by atoms with E-state index in [4.69, 9.17) is 0 Å². The molecule has 0 spiro atoms. The number of aromatic nitrogens is 3. The van der Waals surface area contributed by atoms with Crippen molar-refractivity contribution in [3.8, 4) is 0 Å². The van der Waals surface area contributed by atoms with Crippen LogP contribution in [0.15, 0.2) is 59.7 Å². The summed E-state index contributed by atoms with van der Waals surface area (Å²) in [5, 5.41) is 4.26. The van der Waals surface area contributed by atoms with Crippen molar-refractivity contribution in [1.82, 2.24) is 24.3 Å². The summed E-state index contributed by atoms with van der Waals surface area (Å²) in [6.07, 6.45) is 6.12. The quantitative estimate of drug-likeness (QED) is 0.512. The second-order valence-electron chi connectivity index (χ2n) is 9.76. The van der Waals surface area contributed by atoms with Gasteiger partial charge in [-0.2, -0.15) is 4.98 Å². The molecule has 2 atom stereocenters. The van der Waals surface area contributed by atoms with Crippen LogP contribution < -0.4 is 10.9 Å². The van der Waals surface area contributed by atoms with Gasteiger partial charge in [0, 0.05) is 56.4 Å². The van der Waals surface area contributed by atoms with Crippen molar-refractivity contribution in [2.45, 2.75) is 59.8 Å². The molecule has 0 bridgehead atoms. The van der Waals surface area contributed by atoms with Crippen LogP contribution in [0, 0.1) is 5.92 Å². The van der Waals surface area contributed by atoms with Gasteiger partial charge in [0.05, 0.1) is 6.04 Å². The molecule has 1 fully saturated rings. The highest BCUT2D eigenvalue weighted by Gasteiger charge is 2.28. The van der Waals surface area contributed by atoms with Crippen LogP contribution in [-0.4, -0.2) is 50.0 Å². The van der Waals surface area contributed by atoms with Crippen molar-refractivity contribution in [3.63, 3.8) is 0 Å². The van der Waals surface area contributed by atoms with E-state index in [2.05, 4.69) is 89.3 Å². The summed E-state index contributed by atoms with van der Waals surface area (Å²) >= 11 is 0. The van der Waals surface area contributed by atoms with Gasteiger partial charge in [0.15, 0.2) is 0 Å². The summed E-state index contributed by atoms with van der Waals surface area (Å²) in [6, 6.07) is 12.8. The van der Waals surface area contributed by atoms with E-state index in [1.54, 1.807) is 22.9 Å². The number of rotatable bonds is 8. The Labute approximate surface area is 208 Å². The van der Waals surface area contributed by atoms with Gasteiger partial charge in [-0.15, -0.1) is 0 Å². The van der Waals surface area contributed by atoms with E-state index in [1.165, 1.54) is 11.1 Å². The highest BCUT2D eigenvalue weighted by molar-refractivity contribution is 5.75. The molecule has 1 N–H and O–H groups in total. The number of fused-ring (bicyclic) bond motifs is 1. The highest BCUT2D eigenvalue weighted by Crippen LogP contribution is 2.23. The fraction of sp³-hybridized carbons (Fsp3) is 0.464. The van der Waals surface area contributed by atoms with Crippen molar-refractivity contribution in [3.05, 3.63) is 76.4 Å². The molecule has 1 aliphatic rings.